The number of carbonyl (C=O) groups excluding carboxylic acids is 1. The van der Waals surface area contributed by atoms with Gasteiger partial charge in [0, 0.05) is 13.1 Å². The molecule has 2 heterocycles. The zero-order valence-corrected chi connectivity index (χ0v) is 12.5. The summed E-state index contributed by atoms with van der Waals surface area (Å²) in [6.07, 6.45) is -0.474. The molecule has 20 heavy (non-hydrogen) atoms. The van der Waals surface area contributed by atoms with Gasteiger partial charge in [-0.1, -0.05) is 13.8 Å². The first-order valence-electron chi connectivity index (χ1n) is 6.69. The summed E-state index contributed by atoms with van der Waals surface area (Å²) in [4.78, 5) is 25.7. The summed E-state index contributed by atoms with van der Waals surface area (Å²) in [6.45, 7) is 5.38. The van der Waals surface area contributed by atoms with Crippen molar-refractivity contribution in [2.75, 3.05) is 19.7 Å². The Kier molecular flexibility index (Phi) is 4.77. The number of carboxylic acids is 1. The molecule has 1 N–H and O–H groups in total. The van der Waals surface area contributed by atoms with Crippen molar-refractivity contribution >= 4 is 23.2 Å². The summed E-state index contributed by atoms with van der Waals surface area (Å²) >= 11 is 1.45. The van der Waals surface area contributed by atoms with Crippen molar-refractivity contribution in [3.8, 4) is 0 Å². The van der Waals surface area contributed by atoms with Crippen molar-refractivity contribution in [3.63, 3.8) is 0 Å². The number of carboxylic acid groups (broad SMARTS) is 1. The summed E-state index contributed by atoms with van der Waals surface area (Å²) in [7, 11) is 0. The highest BCUT2D eigenvalue weighted by Crippen LogP contribution is 2.26. The highest BCUT2D eigenvalue weighted by atomic mass is 32.1. The molecule has 1 aromatic heterocycles. The number of nitrogens with zero attached hydrogens (tertiary/aromatic N) is 1. The van der Waals surface area contributed by atoms with E-state index in [1.54, 1.807) is 4.90 Å². The Bertz CT molecular complexity index is 497. The van der Waals surface area contributed by atoms with Gasteiger partial charge in [-0.15, -0.1) is 11.3 Å². The van der Waals surface area contributed by atoms with Crippen molar-refractivity contribution in [3.05, 3.63) is 21.9 Å². The van der Waals surface area contributed by atoms with Crippen molar-refractivity contribution in [2.45, 2.75) is 32.3 Å². The van der Waals surface area contributed by atoms with E-state index in [2.05, 4.69) is 13.8 Å². The fourth-order valence-corrected chi connectivity index (χ4v) is 3.33. The third-order valence-corrected chi connectivity index (χ3v) is 4.26. The molecule has 110 valence electrons. The topological polar surface area (TPSA) is 66.8 Å². The van der Waals surface area contributed by atoms with Crippen LogP contribution in [0.2, 0.25) is 0 Å². The van der Waals surface area contributed by atoms with E-state index in [0.717, 1.165) is 10.4 Å². The number of hydrogen-bond donors (Lipinski definition) is 1. The molecule has 0 radical (unpaired) electrons. The summed E-state index contributed by atoms with van der Waals surface area (Å²) in [5.74, 6) is -0.610. The molecule has 0 spiro atoms. The second-order valence-corrected chi connectivity index (χ2v) is 6.12. The predicted molar refractivity (Wildman–Crippen MR) is 76.3 cm³/mol. The van der Waals surface area contributed by atoms with E-state index in [4.69, 9.17) is 9.84 Å². The van der Waals surface area contributed by atoms with E-state index in [-0.39, 0.29) is 12.3 Å². The molecule has 1 fully saturated rings. The Labute approximate surface area is 122 Å². The van der Waals surface area contributed by atoms with Gasteiger partial charge >= 0.3 is 5.97 Å². The lowest BCUT2D eigenvalue weighted by atomic mass is 10.0. The van der Waals surface area contributed by atoms with Gasteiger partial charge in [0.05, 0.1) is 24.0 Å². The zero-order valence-electron chi connectivity index (χ0n) is 11.7. The number of thiophene rings is 1. The molecule has 0 aromatic carbocycles. The van der Waals surface area contributed by atoms with Gasteiger partial charge in [-0.05, 0) is 22.9 Å². The monoisotopic (exact) mass is 297 g/mol. The van der Waals surface area contributed by atoms with E-state index < -0.39 is 12.1 Å². The molecule has 0 saturated carbocycles. The van der Waals surface area contributed by atoms with E-state index in [0.29, 0.717) is 25.6 Å². The number of aliphatic carboxylic acids is 1. The minimum atomic E-state index is -0.900. The first kappa shape index (κ1) is 15.0. The normalized spacial score (nSPS) is 19.4. The molecule has 6 heteroatoms. The van der Waals surface area contributed by atoms with Gasteiger partial charge in [0.2, 0.25) is 0 Å². The molecule has 0 bridgehead atoms. The third-order valence-electron chi connectivity index (χ3n) is 3.34. The van der Waals surface area contributed by atoms with E-state index in [9.17, 15) is 9.59 Å². The molecule has 5 nitrogen and oxygen atoms in total. The van der Waals surface area contributed by atoms with Crippen molar-refractivity contribution in [2.24, 2.45) is 0 Å². The Balaban J connectivity index is 2.08. The van der Waals surface area contributed by atoms with E-state index >= 15 is 0 Å². The summed E-state index contributed by atoms with van der Waals surface area (Å²) in [6, 6.07) is 1.98. The molecule has 1 aliphatic heterocycles. The van der Waals surface area contributed by atoms with Crippen LogP contribution in [0, 0.1) is 0 Å². The van der Waals surface area contributed by atoms with Crippen LogP contribution in [0.5, 0.6) is 0 Å². The maximum absolute atomic E-state index is 12.6. The fraction of sp³-hybridized carbons (Fsp3) is 0.571. The van der Waals surface area contributed by atoms with Gasteiger partial charge in [0.25, 0.3) is 5.91 Å². The molecule has 1 aliphatic rings. The molecule has 2 rings (SSSR count). The van der Waals surface area contributed by atoms with Gasteiger partial charge < -0.3 is 14.7 Å². The van der Waals surface area contributed by atoms with Gasteiger partial charge in [-0.2, -0.15) is 0 Å². The van der Waals surface area contributed by atoms with Crippen LogP contribution in [0.25, 0.3) is 0 Å². The van der Waals surface area contributed by atoms with Crippen LogP contribution in [0.1, 0.15) is 41.4 Å². The van der Waals surface area contributed by atoms with Crippen LogP contribution in [0.4, 0.5) is 0 Å². The molecule has 0 aliphatic carbocycles. The van der Waals surface area contributed by atoms with Crippen LogP contribution >= 0.6 is 11.3 Å². The second-order valence-electron chi connectivity index (χ2n) is 5.20. The standard InChI is InChI=1S/C14H19NO4S/c1-9(2)11-3-6-20-13(11)14(18)15-4-5-19-10(8-15)7-12(16)17/h3,6,9-10H,4-5,7-8H2,1-2H3,(H,16,17)/t10-/m1/s1. The molecule has 1 saturated heterocycles. The zero-order chi connectivity index (χ0) is 14.7. The first-order valence-corrected chi connectivity index (χ1v) is 7.57. The number of morpholine rings is 1. The van der Waals surface area contributed by atoms with E-state index in [1.165, 1.54) is 11.3 Å². The predicted octanol–water partition coefficient (Wildman–Crippen LogP) is 2.19. The smallest absolute Gasteiger partial charge is 0.306 e. The summed E-state index contributed by atoms with van der Waals surface area (Å²) < 4.78 is 5.39. The Morgan fingerprint density at radius 2 is 2.30 bits per heavy atom. The summed E-state index contributed by atoms with van der Waals surface area (Å²) in [5.41, 5.74) is 1.06. The lowest BCUT2D eigenvalue weighted by Crippen LogP contribution is -2.46. The van der Waals surface area contributed by atoms with Gasteiger partial charge in [-0.25, -0.2) is 0 Å². The maximum Gasteiger partial charge on any atom is 0.306 e. The highest BCUT2D eigenvalue weighted by Gasteiger charge is 2.28. The average molecular weight is 297 g/mol. The lowest BCUT2D eigenvalue weighted by molar-refractivity contribution is -0.141. The molecule has 1 aromatic rings. The van der Waals surface area contributed by atoms with Crippen molar-refractivity contribution in [1.82, 2.24) is 4.90 Å². The largest absolute Gasteiger partial charge is 0.481 e. The molecule has 1 amide bonds. The quantitative estimate of drug-likeness (QED) is 0.925. The van der Waals surface area contributed by atoms with Crippen molar-refractivity contribution in [1.29, 1.82) is 0 Å². The van der Waals surface area contributed by atoms with Crippen molar-refractivity contribution < 1.29 is 19.4 Å². The number of hydrogen-bond acceptors (Lipinski definition) is 4. The first-order chi connectivity index (χ1) is 9.49. The molecule has 1 atom stereocenters. The Morgan fingerprint density at radius 3 is 2.95 bits per heavy atom. The fourth-order valence-electron chi connectivity index (χ4n) is 2.31. The number of rotatable bonds is 4. The lowest BCUT2D eigenvalue weighted by Gasteiger charge is -2.32. The average Bonchev–Trinajstić information content (AvgIpc) is 2.86. The Morgan fingerprint density at radius 1 is 1.55 bits per heavy atom. The minimum absolute atomic E-state index is 0.0117. The minimum Gasteiger partial charge on any atom is -0.481 e. The SMILES string of the molecule is CC(C)c1ccsc1C(=O)N1CCO[C@H](CC(=O)O)C1. The molecular weight excluding hydrogens is 278 g/mol. The van der Waals surface area contributed by atoms with Gasteiger partial charge in [0.1, 0.15) is 0 Å². The van der Waals surface area contributed by atoms with Crippen LogP contribution in [-0.4, -0.2) is 47.7 Å². The van der Waals surface area contributed by atoms with E-state index in [1.807, 2.05) is 11.4 Å². The van der Waals surface area contributed by atoms with Gasteiger partial charge in [0.15, 0.2) is 0 Å². The molecular formula is C14H19NO4S. The number of carbonyl (C=O) groups is 2. The van der Waals surface area contributed by atoms with Gasteiger partial charge in [-0.3, -0.25) is 9.59 Å². The van der Waals surface area contributed by atoms with Crippen LogP contribution < -0.4 is 0 Å². The number of amides is 1. The summed E-state index contributed by atoms with van der Waals surface area (Å²) in [5, 5.41) is 10.7. The van der Waals surface area contributed by atoms with Crippen LogP contribution in [0.15, 0.2) is 11.4 Å². The Hall–Kier alpha value is -1.40. The third kappa shape index (κ3) is 3.37. The molecule has 0 unspecified atom stereocenters. The van der Waals surface area contributed by atoms with Crippen LogP contribution in [0.3, 0.4) is 0 Å². The second kappa shape index (κ2) is 6.37. The number of ether oxygens (including phenoxy) is 1. The van der Waals surface area contributed by atoms with Crippen LogP contribution in [-0.2, 0) is 9.53 Å². The maximum atomic E-state index is 12.6. The highest BCUT2D eigenvalue weighted by molar-refractivity contribution is 7.12.